The second kappa shape index (κ2) is 5.01. The van der Waals surface area contributed by atoms with E-state index in [1.54, 1.807) is 10.7 Å². The van der Waals surface area contributed by atoms with Crippen LogP contribution in [0.2, 0.25) is 0 Å². The molecule has 1 N–H and O–H groups in total. The first-order chi connectivity index (χ1) is 10.1. The van der Waals surface area contributed by atoms with Crippen molar-refractivity contribution in [3.05, 3.63) is 53.3 Å². The highest BCUT2D eigenvalue weighted by molar-refractivity contribution is 5.96. The van der Waals surface area contributed by atoms with Crippen molar-refractivity contribution < 1.29 is 9.90 Å². The summed E-state index contributed by atoms with van der Waals surface area (Å²) in [6.45, 7) is 3.91. The molecule has 2 heterocycles. The van der Waals surface area contributed by atoms with Crippen LogP contribution in [0.15, 0.2) is 36.5 Å². The highest BCUT2D eigenvalue weighted by Gasteiger charge is 2.20. The molecule has 5 heteroatoms. The van der Waals surface area contributed by atoms with Crippen LogP contribution in [0.1, 0.15) is 28.5 Å². The number of hydrogen-bond donors (Lipinski definition) is 1. The quantitative estimate of drug-likeness (QED) is 0.801. The molecule has 0 saturated heterocycles. The highest BCUT2D eigenvalue weighted by atomic mass is 16.4. The molecule has 0 unspecified atom stereocenters. The third-order valence-corrected chi connectivity index (χ3v) is 3.45. The number of rotatable bonds is 3. The molecule has 0 aliphatic heterocycles. The summed E-state index contributed by atoms with van der Waals surface area (Å²) in [5, 5.41) is 13.8. The molecule has 0 bridgehead atoms. The maximum absolute atomic E-state index is 11.5. The second-order valence-corrected chi connectivity index (χ2v) is 4.92. The van der Waals surface area contributed by atoms with E-state index in [1.807, 2.05) is 44.2 Å². The van der Waals surface area contributed by atoms with Crippen molar-refractivity contribution >= 4 is 11.6 Å². The third-order valence-electron chi connectivity index (χ3n) is 3.45. The lowest BCUT2D eigenvalue weighted by atomic mass is 10.1. The van der Waals surface area contributed by atoms with Gasteiger partial charge in [0.1, 0.15) is 5.56 Å². The van der Waals surface area contributed by atoms with Gasteiger partial charge in [-0.2, -0.15) is 5.10 Å². The summed E-state index contributed by atoms with van der Waals surface area (Å²) in [7, 11) is 0. The van der Waals surface area contributed by atoms with Crippen molar-refractivity contribution in [1.29, 1.82) is 0 Å². The topological polar surface area (TPSA) is 67.5 Å². The Morgan fingerprint density at radius 1 is 1.33 bits per heavy atom. The van der Waals surface area contributed by atoms with Gasteiger partial charge in [0.25, 0.3) is 0 Å². The first kappa shape index (κ1) is 13.3. The highest BCUT2D eigenvalue weighted by Crippen LogP contribution is 2.23. The van der Waals surface area contributed by atoms with Crippen LogP contribution in [0, 0.1) is 6.92 Å². The standard InChI is InChI=1S/C16H15N3O2/c1-3-12-14(16(20)21)15-17-8-7-13(19(15)18-12)11-6-4-5-10(2)9-11/h4-9H,3H2,1-2H3,(H,20,21). The number of aromatic nitrogens is 3. The molecular weight excluding hydrogens is 266 g/mol. The Morgan fingerprint density at radius 3 is 2.81 bits per heavy atom. The number of fused-ring (bicyclic) bond motifs is 1. The van der Waals surface area contributed by atoms with Crippen LogP contribution in [0.5, 0.6) is 0 Å². The van der Waals surface area contributed by atoms with Gasteiger partial charge in [0.05, 0.1) is 11.4 Å². The molecule has 0 amide bonds. The summed E-state index contributed by atoms with van der Waals surface area (Å²) in [6.07, 6.45) is 2.18. The zero-order chi connectivity index (χ0) is 15.0. The van der Waals surface area contributed by atoms with Crippen LogP contribution in [-0.2, 0) is 6.42 Å². The summed E-state index contributed by atoms with van der Waals surface area (Å²) in [5.74, 6) is -0.990. The summed E-state index contributed by atoms with van der Waals surface area (Å²) in [6, 6.07) is 9.86. The molecule has 0 spiro atoms. The molecule has 106 valence electrons. The van der Waals surface area contributed by atoms with Gasteiger partial charge in [-0.25, -0.2) is 14.3 Å². The molecule has 0 radical (unpaired) electrons. The zero-order valence-electron chi connectivity index (χ0n) is 11.9. The fourth-order valence-electron chi connectivity index (χ4n) is 2.48. The molecule has 0 saturated carbocycles. The van der Waals surface area contributed by atoms with Crippen molar-refractivity contribution in [2.75, 3.05) is 0 Å². The van der Waals surface area contributed by atoms with Gasteiger partial charge in [-0.1, -0.05) is 30.7 Å². The SMILES string of the molecule is CCc1nn2c(-c3cccc(C)c3)ccnc2c1C(=O)O. The normalized spacial score (nSPS) is 11.0. The molecule has 0 aliphatic carbocycles. The largest absolute Gasteiger partial charge is 0.477 e. The summed E-state index contributed by atoms with van der Waals surface area (Å²) in [4.78, 5) is 15.7. The average molecular weight is 281 g/mol. The Hall–Kier alpha value is -2.69. The molecule has 2 aromatic heterocycles. The fourth-order valence-corrected chi connectivity index (χ4v) is 2.48. The van der Waals surface area contributed by atoms with Gasteiger partial charge < -0.3 is 5.11 Å². The van der Waals surface area contributed by atoms with E-state index in [1.165, 1.54) is 0 Å². The number of carboxylic acid groups (broad SMARTS) is 1. The van der Waals surface area contributed by atoms with Gasteiger partial charge in [-0.05, 0) is 25.5 Å². The number of nitrogens with zero attached hydrogens (tertiary/aromatic N) is 3. The van der Waals surface area contributed by atoms with Crippen molar-refractivity contribution in [3.63, 3.8) is 0 Å². The van der Waals surface area contributed by atoms with E-state index in [9.17, 15) is 9.90 Å². The third kappa shape index (κ3) is 2.16. The van der Waals surface area contributed by atoms with Crippen LogP contribution in [0.3, 0.4) is 0 Å². The number of aromatic carboxylic acids is 1. The van der Waals surface area contributed by atoms with Gasteiger partial charge >= 0.3 is 5.97 Å². The summed E-state index contributed by atoms with van der Waals surface area (Å²) < 4.78 is 1.62. The lowest BCUT2D eigenvalue weighted by Crippen LogP contribution is -2.01. The molecule has 5 nitrogen and oxygen atoms in total. The van der Waals surface area contributed by atoms with E-state index in [0.717, 1.165) is 16.8 Å². The molecule has 1 aromatic carbocycles. The van der Waals surface area contributed by atoms with Gasteiger partial charge in [-0.15, -0.1) is 0 Å². The maximum Gasteiger partial charge on any atom is 0.341 e. The van der Waals surface area contributed by atoms with Crippen LogP contribution < -0.4 is 0 Å². The summed E-state index contributed by atoms with van der Waals surface area (Å²) >= 11 is 0. The number of aryl methyl sites for hydroxylation is 2. The molecule has 3 rings (SSSR count). The Morgan fingerprint density at radius 2 is 2.14 bits per heavy atom. The van der Waals surface area contributed by atoms with Crippen LogP contribution >= 0.6 is 0 Å². The number of carbonyl (C=O) groups is 1. The maximum atomic E-state index is 11.5. The smallest absolute Gasteiger partial charge is 0.341 e. The van der Waals surface area contributed by atoms with E-state index < -0.39 is 5.97 Å². The molecule has 0 aliphatic rings. The first-order valence-electron chi connectivity index (χ1n) is 6.78. The van der Waals surface area contributed by atoms with E-state index in [2.05, 4.69) is 10.1 Å². The number of benzene rings is 1. The van der Waals surface area contributed by atoms with Gasteiger partial charge in [0.15, 0.2) is 5.65 Å². The Bertz CT molecular complexity index is 837. The van der Waals surface area contributed by atoms with Gasteiger partial charge in [0.2, 0.25) is 0 Å². The minimum Gasteiger partial charge on any atom is -0.477 e. The lowest BCUT2D eigenvalue weighted by Gasteiger charge is -2.05. The van der Waals surface area contributed by atoms with Crippen LogP contribution in [-0.4, -0.2) is 25.7 Å². The lowest BCUT2D eigenvalue weighted by molar-refractivity contribution is 0.0697. The Kier molecular flexibility index (Phi) is 3.17. The van der Waals surface area contributed by atoms with Crippen LogP contribution in [0.4, 0.5) is 0 Å². The van der Waals surface area contributed by atoms with Crippen LogP contribution in [0.25, 0.3) is 16.9 Å². The number of carboxylic acids is 1. The average Bonchev–Trinajstić information content (AvgIpc) is 2.85. The predicted octanol–water partition coefficient (Wildman–Crippen LogP) is 2.97. The number of hydrogen-bond acceptors (Lipinski definition) is 3. The summed E-state index contributed by atoms with van der Waals surface area (Å²) in [5.41, 5.74) is 4.09. The van der Waals surface area contributed by atoms with E-state index in [4.69, 9.17) is 0 Å². The minimum atomic E-state index is -0.990. The molecule has 3 aromatic rings. The fraction of sp³-hybridized carbons (Fsp3) is 0.188. The Labute approximate surface area is 121 Å². The van der Waals surface area contributed by atoms with Crippen molar-refractivity contribution in [1.82, 2.24) is 14.6 Å². The zero-order valence-corrected chi connectivity index (χ0v) is 11.9. The van der Waals surface area contributed by atoms with E-state index >= 15 is 0 Å². The minimum absolute atomic E-state index is 0.187. The van der Waals surface area contributed by atoms with Gasteiger partial charge in [-0.3, -0.25) is 0 Å². The second-order valence-electron chi connectivity index (χ2n) is 4.92. The van der Waals surface area contributed by atoms with E-state index in [-0.39, 0.29) is 5.56 Å². The molecule has 21 heavy (non-hydrogen) atoms. The predicted molar refractivity (Wildman–Crippen MR) is 79.5 cm³/mol. The van der Waals surface area contributed by atoms with Crippen molar-refractivity contribution in [2.24, 2.45) is 0 Å². The monoisotopic (exact) mass is 281 g/mol. The van der Waals surface area contributed by atoms with Crippen molar-refractivity contribution in [3.8, 4) is 11.3 Å². The van der Waals surface area contributed by atoms with E-state index in [0.29, 0.717) is 17.8 Å². The molecule has 0 fully saturated rings. The molecule has 0 atom stereocenters. The first-order valence-corrected chi connectivity index (χ1v) is 6.78. The van der Waals surface area contributed by atoms with Crippen molar-refractivity contribution in [2.45, 2.75) is 20.3 Å². The Balaban J connectivity index is 2.33. The molecular formula is C16H15N3O2. The van der Waals surface area contributed by atoms with Gasteiger partial charge in [0, 0.05) is 11.8 Å².